The van der Waals surface area contributed by atoms with Crippen molar-refractivity contribution in [1.82, 2.24) is 9.88 Å². The zero-order valence-corrected chi connectivity index (χ0v) is 14.4. The minimum absolute atomic E-state index is 0.0159. The van der Waals surface area contributed by atoms with Gasteiger partial charge in [0.05, 0.1) is 11.7 Å². The largest absolute Gasteiger partial charge is 0.573 e. The van der Waals surface area contributed by atoms with Crippen LogP contribution in [-0.2, 0) is 4.79 Å². The number of aromatic nitrogens is 1. The second-order valence-corrected chi connectivity index (χ2v) is 6.76. The fourth-order valence-electron chi connectivity index (χ4n) is 2.97. The van der Waals surface area contributed by atoms with E-state index in [1.165, 1.54) is 23.5 Å². The van der Waals surface area contributed by atoms with E-state index in [-0.39, 0.29) is 17.7 Å². The second kappa shape index (κ2) is 7.03. The number of nitrogens with zero attached hydrogens (tertiary/aromatic N) is 2. The Morgan fingerprint density at radius 1 is 1.28 bits per heavy atom. The Kier molecular flexibility index (Phi) is 4.99. The maximum absolute atomic E-state index is 12.2. The highest BCUT2D eigenvalue weighted by molar-refractivity contribution is 7.10. The molecule has 1 aromatic heterocycles. The molecule has 3 rings (SSSR count). The van der Waals surface area contributed by atoms with Crippen molar-refractivity contribution < 1.29 is 22.7 Å². The van der Waals surface area contributed by atoms with E-state index in [0.717, 1.165) is 30.8 Å². The van der Waals surface area contributed by atoms with Gasteiger partial charge in [-0.3, -0.25) is 4.79 Å². The Morgan fingerprint density at radius 3 is 2.64 bits per heavy atom. The fourth-order valence-corrected chi connectivity index (χ4v) is 3.94. The molecule has 1 atom stereocenters. The van der Waals surface area contributed by atoms with E-state index >= 15 is 0 Å². The predicted molar refractivity (Wildman–Crippen MR) is 88.2 cm³/mol. The van der Waals surface area contributed by atoms with Gasteiger partial charge < -0.3 is 9.64 Å². The molecule has 0 radical (unpaired) electrons. The van der Waals surface area contributed by atoms with Crippen molar-refractivity contribution in [3.63, 3.8) is 0 Å². The molecule has 1 aliphatic rings. The lowest BCUT2D eigenvalue weighted by atomic mass is 10.0. The number of benzene rings is 1. The molecule has 2 heterocycles. The number of ether oxygens (including phenoxy) is 1. The van der Waals surface area contributed by atoms with Gasteiger partial charge in [0.25, 0.3) is 0 Å². The van der Waals surface area contributed by atoms with E-state index < -0.39 is 6.36 Å². The average molecular weight is 370 g/mol. The summed E-state index contributed by atoms with van der Waals surface area (Å²) >= 11 is 1.47. The number of alkyl halides is 3. The van der Waals surface area contributed by atoms with Gasteiger partial charge in [0.15, 0.2) is 0 Å². The molecule has 1 fully saturated rings. The summed E-state index contributed by atoms with van der Waals surface area (Å²) in [6.07, 6.45) is -1.78. The number of hydrogen-bond acceptors (Lipinski definition) is 4. The maximum Gasteiger partial charge on any atom is 0.573 e. The van der Waals surface area contributed by atoms with Crippen LogP contribution in [-0.4, -0.2) is 28.7 Å². The van der Waals surface area contributed by atoms with Gasteiger partial charge in [0.1, 0.15) is 10.8 Å². The number of amides is 1. The van der Waals surface area contributed by atoms with Crippen molar-refractivity contribution in [3.05, 3.63) is 34.7 Å². The number of thiazole rings is 1. The predicted octanol–water partition coefficient (Wildman–Crippen LogP) is 4.78. The molecule has 0 saturated carbocycles. The minimum Gasteiger partial charge on any atom is -0.406 e. The summed E-state index contributed by atoms with van der Waals surface area (Å²) < 4.78 is 40.5. The highest BCUT2D eigenvalue weighted by Crippen LogP contribution is 2.35. The first-order valence-electron chi connectivity index (χ1n) is 7.92. The third-order valence-corrected chi connectivity index (χ3v) is 5.04. The van der Waals surface area contributed by atoms with Gasteiger partial charge in [0, 0.05) is 24.4 Å². The van der Waals surface area contributed by atoms with E-state index in [9.17, 15) is 18.0 Å². The Bertz CT molecular complexity index is 743. The normalized spacial score (nSPS) is 18.2. The van der Waals surface area contributed by atoms with Crippen molar-refractivity contribution >= 4 is 17.2 Å². The summed E-state index contributed by atoms with van der Waals surface area (Å²) in [7, 11) is 0. The maximum atomic E-state index is 12.2. The lowest BCUT2D eigenvalue weighted by Crippen LogP contribution is -2.36. The Morgan fingerprint density at radius 2 is 2.00 bits per heavy atom. The topological polar surface area (TPSA) is 42.4 Å². The first-order valence-corrected chi connectivity index (χ1v) is 8.80. The number of carbonyl (C=O) groups excluding carboxylic acids is 1. The van der Waals surface area contributed by atoms with Crippen LogP contribution < -0.4 is 4.74 Å². The zero-order chi connectivity index (χ0) is 18.0. The third-order valence-electron chi connectivity index (χ3n) is 4.10. The summed E-state index contributed by atoms with van der Waals surface area (Å²) in [6.45, 7) is 2.30. The summed E-state index contributed by atoms with van der Waals surface area (Å²) in [6, 6.07) is 5.61. The van der Waals surface area contributed by atoms with Crippen LogP contribution in [0.25, 0.3) is 11.3 Å². The smallest absolute Gasteiger partial charge is 0.406 e. The van der Waals surface area contributed by atoms with Crippen molar-refractivity contribution in [3.8, 4) is 17.0 Å². The van der Waals surface area contributed by atoms with Crippen LogP contribution in [0.5, 0.6) is 5.75 Å². The fraction of sp³-hybridized carbons (Fsp3) is 0.412. The first-order chi connectivity index (χ1) is 11.8. The monoisotopic (exact) mass is 370 g/mol. The van der Waals surface area contributed by atoms with Crippen molar-refractivity contribution in [2.45, 2.75) is 38.6 Å². The molecule has 1 aliphatic heterocycles. The summed E-state index contributed by atoms with van der Waals surface area (Å²) in [4.78, 5) is 18.3. The van der Waals surface area contributed by atoms with Gasteiger partial charge >= 0.3 is 6.36 Å². The third kappa shape index (κ3) is 4.31. The molecule has 25 heavy (non-hydrogen) atoms. The van der Waals surface area contributed by atoms with E-state index in [2.05, 4.69) is 9.72 Å². The molecule has 0 spiro atoms. The molecule has 1 saturated heterocycles. The standard InChI is InChI=1S/C17H17F3N2O2S/c1-11(23)22-9-3-2-4-15(22)16-21-14(10-25-16)12-5-7-13(8-6-12)24-17(18,19)20/h5-8,10,15H,2-4,9H2,1H3/t15-/m1/s1. The molecule has 134 valence electrons. The highest BCUT2D eigenvalue weighted by Gasteiger charge is 2.31. The molecule has 0 N–H and O–H groups in total. The van der Waals surface area contributed by atoms with Gasteiger partial charge in [0.2, 0.25) is 5.91 Å². The number of carbonyl (C=O) groups is 1. The van der Waals surface area contributed by atoms with E-state index in [4.69, 9.17) is 0 Å². The number of halogens is 3. The highest BCUT2D eigenvalue weighted by atomic mass is 32.1. The van der Waals surface area contributed by atoms with Gasteiger partial charge in [-0.25, -0.2) is 4.98 Å². The van der Waals surface area contributed by atoms with Crippen LogP contribution >= 0.6 is 11.3 Å². The molecule has 0 aliphatic carbocycles. The van der Waals surface area contributed by atoms with Crippen molar-refractivity contribution in [2.75, 3.05) is 6.54 Å². The van der Waals surface area contributed by atoms with Gasteiger partial charge in [-0.1, -0.05) is 0 Å². The number of hydrogen-bond donors (Lipinski definition) is 0. The van der Waals surface area contributed by atoms with Crippen LogP contribution in [0.2, 0.25) is 0 Å². The molecule has 1 amide bonds. The van der Waals surface area contributed by atoms with Crippen LogP contribution in [0.3, 0.4) is 0 Å². The summed E-state index contributed by atoms with van der Waals surface area (Å²) in [5.41, 5.74) is 1.40. The Hall–Kier alpha value is -2.09. The summed E-state index contributed by atoms with van der Waals surface area (Å²) in [5, 5.41) is 2.72. The zero-order valence-electron chi connectivity index (χ0n) is 13.5. The van der Waals surface area contributed by atoms with Crippen LogP contribution in [0.4, 0.5) is 13.2 Å². The van der Waals surface area contributed by atoms with Crippen LogP contribution in [0.1, 0.15) is 37.2 Å². The molecule has 1 aromatic carbocycles. The minimum atomic E-state index is -4.70. The second-order valence-electron chi connectivity index (χ2n) is 5.87. The molecular formula is C17H17F3N2O2S. The molecule has 0 unspecified atom stereocenters. The number of likely N-dealkylation sites (tertiary alicyclic amines) is 1. The van der Waals surface area contributed by atoms with Gasteiger partial charge in [-0.15, -0.1) is 24.5 Å². The first kappa shape index (κ1) is 17.7. The lowest BCUT2D eigenvalue weighted by Gasteiger charge is -2.33. The SMILES string of the molecule is CC(=O)N1CCCC[C@@H]1c1nc(-c2ccc(OC(F)(F)F)cc2)cs1. The Balaban J connectivity index is 1.78. The van der Waals surface area contributed by atoms with E-state index in [0.29, 0.717) is 11.3 Å². The molecule has 0 bridgehead atoms. The van der Waals surface area contributed by atoms with E-state index in [1.54, 1.807) is 19.1 Å². The lowest BCUT2D eigenvalue weighted by molar-refractivity contribution is -0.274. The van der Waals surface area contributed by atoms with Crippen molar-refractivity contribution in [2.24, 2.45) is 0 Å². The van der Waals surface area contributed by atoms with Crippen molar-refractivity contribution in [1.29, 1.82) is 0 Å². The molecular weight excluding hydrogens is 353 g/mol. The van der Waals surface area contributed by atoms with E-state index in [1.807, 2.05) is 10.3 Å². The molecule has 8 heteroatoms. The summed E-state index contributed by atoms with van der Waals surface area (Å²) in [5.74, 6) is -0.225. The van der Waals surface area contributed by atoms with Gasteiger partial charge in [-0.2, -0.15) is 0 Å². The Labute approximate surface area is 147 Å². The quantitative estimate of drug-likeness (QED) is 0.781. The van der Waals surface area contributed by atoms with Gasteiger partial charge in [-0.05, 0) is 43.5 Å². The number of rotatable bonds is 3. The van der Waals surface area contributed by atoms with Crippen LogP contribution in [0, 0.1) is 0 Å². The number of piperidine rings is 1. The molecule has 2 aromatic rings. The van der Waals surface area contributed by atoms with Crippen LogP contribution in [0.15, 0.2) is 29.6 Å². The average Bonchev–Trinajstić information content (AvgIpc) is 3.04. The molecule has 4 nitrogen and oxygen atoms in total.